The van der Waals surface area contributed by atoms with Crippen molar-refractivity contribution in [1.29, 1.82) is 4.78 Å². The van der Waals surface area contributed by atoms with Crippen molar-refractivity contribution in [2.75, 3.05) is 5.32 Å². The van der Waals surface area contributed by atoms with Gasteiger partial charge in [-0.15, -0.1) is 0 Å². The Bertz CT molecular complexity index is 1300. The van der Waals surface area contributed by atoms with Crippen LogP contribution in [0.2, 0.25) is 18.1 Å². The smallest absolute Gasteiger partial charge is 0.326 e. The van der Waals surface area contributed by atoms with Crippen LogP contribution in [0, 0.1) is 10.7 Å². The number of benzene rings is 1. The molecule has 2 unspecified atom stereocenters. The number of anilines is 1. The van der Waals surface area contributed by atoms with E-state index in [0.717, 1.165) is 30.5 Å². The standard InChI is InChI=1S/C28H43N3O4SSi/c1-18(19-12-13-19)22-15-14-20-10-9-11-23(20)25(22)30-26(32)31(37(7,8)27(2,3)4)36(29,34)24-16-21(17-35-24)28(5,6)33/h14-19,29,33H,9-13H2,1-8H3,(H,30,32). The number of furan rings is 1. The molecule has 1 saturated carbocycles. The molecule has 3 N–H and O–H groups in total. The maximum Gasteiger partial charge on any atom is 0.326 e. The Hall–Kier alpha value is -2.10. The van der Waals surface area contributed by atoms with E-state index in [1.807, 2.05) is 33.9 Å². The molecule has 0 aliphatic heterocycles. The molecule has 2 aliphatic carbocycles. The Morgan fingerprint density at radius 3 is 2.41 bits per heavy atom. The van der Waals surface area contributed by atoms with Crippen molar-refractivity contribution in [2.45, 2.75) is 108 Å². The Balaban J connectivity index is 1.81. The van der Waals surface area contributed by atoms with Gasteiger partial charge in [-0.1, -0.05) is 39.8 Å². The molecule has 2 aromatic rings. The number of carbonyl (C=O) groups excluding carboxylic acids is 1. The molecular formula is C28H43N3O4SSi. The Labute approximate surface area is 223 Å². The quantitative estimate of drug-likeness (QED) is 0.316. The highest BCUT2D eigenvalue weighted by Crippen LogP contribution is 2.47. The fourth-order valence-electron chi connectivity index (χ4n) is 5.09. The molecule has 0 bridgehead atoms. The van der Waals surface area contributed by atoms with Gasteiger partial charge in [0.1, 0.15) is 0 Å². The summed E-state index contributed by atoms with van der Waals surface area (Å²) in [5, 5.41) is 13.1. The van der Waals surface area contributed by atoms with Crippen molar-refractivity contribution in [3.05, 3.63) is 46.7 Å². The first-order chi connectivity index (χ1) is 17.0. The van der Waals surface area contributed by atoms with E-state index in [0.29, 0.717) is 17.4 Å². The molecule has 2 aliphatic rings. The van der Waals surface area contributed by atoms with E-state index in [4.69, 9.17) is 9.20 Å². The van der Waals surface area contributed by atoms with Crippen LogP contribution in [0.15, 0.2) is 34.0 Å². The zero-order chi connectivity index (χ0) is 27.6. The van der Waals surface area contributed by atoms with Crippen LogP contribution in [0.1, 0.15) is 89.0 Å². The molecular weight excluding hydrogens is 502 g/mol. The second-order valence-corrected chi connectivity index (χ2v) is 20.1. The second kappa shape index (κ2) is 9.27. The fourth-order valence-corrected chi connectivity index (χ4v) is 10.8. The first kappa shape index (κ1) is 27.9. The van der Waals surface area contributed by atoms with Gasteiger partial charge in [0.2, 0.25) is 5.09 Å². The lowest BCUT2D eigenvalue weighted by molar-refractivity contribution is 0.0779. The first-order valence-electron chi connectivity index (χ1n) is 13.3. The molecule has 1 aromatic carbocycles. The molecule has 2 amide bonds. The molecule has 0 spiro atoms. The van der Waals surface area contributed by atoms with Crippen molar-refractivity contribution in [2.24, 2.45) is 5.92 Å². The Kier molecular flexibility index (Phi) is 7.00. The van der Waals surface area contributed by atoms with Crippen LogP contribution in [0.4, 0.5) is 10.5 Å². The van der Waals surface area contributed by atoms with Crippen molar-refractivity contribution in [3.8, 4) is 0 Å². The molecule has 37 heavy (non-hydrogen) atoms. The van der Waals surface area contributed by atoms with Crippen LogP contribution in [0.3, 0.4) is 0 Å². The average Bonchev–Trinajstić information content (AvgIpc) is 3.27. The third-order valence-corrected chi connectivity index (χ3v) is 17.2. The van der Waals surface area contributed by atoms with Gasteiger partial charge >= 0.3 is 6.03 Å². The number of nitrogens with one attached hydrogen (secondary N) is 2. The lowest BCUT2D eigenvalue weighted by Crippen LogP contribution is -2.60. The zero-order valence-corrected chi connectivity index (χ0v) is 25.3. The zero-order valence-electron chi connectivity index (χ0n) is 23.5. The summed E-state index contributed by atoms with van der Waals surface area (Å²) in [6.45, 7) is 15.5. The number of rotatable bonds is 7. The molecule has 204 valence electrons. The molecule has 1 aromatic heterocycles. The molecule has 1 fully saturated rings. The van der Waals surface area contributed by atoms with Crippen LogP contribution in [-0.4, -0.2) is 27.6 Å². The summed E-state index contributed by atoms with van der Waals surface area (Å²) in [5.74, 6) is 0.942. The summed E-state index contributed by atoms with van der Waals surface area (Å²) < 4.78 is 30.3. The molecule has 4 rings (SSSR count). The predicted octanol–water partition coefficient (Wildman–Crippen LogP) is 7.37. The van der Waals surface area contributed by atoms with E-state index in [1.165, 1.54) is 40.3 Å². The maximum absolute atomic E-state index is 14.3. The van der Waals surface area contributed by atoms with Crippen LogP contribution >= 0.6 is 0 Å². The minimum atomic E-state index is -3.85. The molecule has 0 saturated heterocycles. The van der Waals surface area contributed by atoms with Crippen molar-refractivity contribution in [3.63, 3.8) is 0 Å². The maximum atomic E-state index is 14.3. The van der Waals surface area contributed by atoms with Gasteiger partial charge in [0, 0.05) is 17.3 Å². The first-order valence-corrected chi connectivity index (χ1v) is 17.8. The van der Waals surface area contributed by atoms with E-state index in [9.17, 15) is 14.1 Å². The van der Waals surface area contributed by atoms with Crippen molar-refractivity contribution >= 4 is 29.9 Å². The fraction of sp³-hybridized carbons (Fsp3) is 0.607. The van der Waals surface area contributed by atoms with Gasteiger partial charge in [-0.3, -0.25) is 3.97 Å². The van der Waals surface area contributed by atoms with Gasteiger partial charge in [-0.2, -0.15) is 0 Å². The summed E-state index contributed by atoms with van der Waals surface area (Å²) in [6.07, 6.45) is 6.66. The summed E-state index contributed by atoms with van der Waals surface area (Å²) in [4.78, 5) is 14.2. The number of amides is 2. The summed E-state index contributed by atoms with van der Waals surface area (Å²) in [6, 6.07) is 5.28. The third kappa shape index (κ3) is 5.14. The van der Waals surface area contributed by atoms with E-state index < -0.39 is 29.8 Å². The van der Waals surface area contributed by atoms with Gasteiger partial charge in [0.05, 0.1) is 11.9 Å². The molecule has 1 heterocycles. The van der Waals surface area contributed by atoms with Crippen LogP contribution in [0.25, 0.3) is 0 Å². The molecule has 0 radical (unpaired) electrons. The number of hydrogen-bond donors (Lipinski definition) is 3. The third-order valence-electron chi connectivity index (χ3n) is 8.71. The van der Waals surface area contributed by atoms with Crippen LogP contribution < -0.4 is 5.32 Å². The summed E-state index contributed by atoms with van der Waals surface area (Å²) >= 11 is 0. The minimum Gasteiger partial charge on any atom is -0.452 e. The Morgan fingerprint density at radius 2 is 1.86 bits per heavy atom. The number of urea groups is 1. The summed E-state index contributed by atoms with van der Waals surface area (Å²) in [7, 11) is -6.70. The highest BCUT2D eigenvalue weighted by Gasteiger charge is 2.50. The highest BCUT2D eigenvalue weighted by molar-refractivity contribution is 7.92. The molecule has 7 nitrogen and oxygen atoms in total. The van der Waals surface area contributed by atoms with E-state index >= 15 is 0 Å². The largest absolute Gasteiger partial charge is 0.452 e. The average molecular weight is 546 g/mol. The lowest BCUT2D eigenvalue weighted by Gasteiger charge is -2.45. The summed E-state index contributed by atoms with van der Waals surface area (Å²) in [5.41, 5.74) is 3.60. The molecule has 2 atom stereocenters. The van der Waals surface area contributed by atoms with Gasteiger partial charge in [-0.25, -0.2) is 13.8 Å². The number of aliphatic hydroxyl groups is 1. The van der Waals surface area contributed by atoms with Crippen molar-refractivity contribution in [1.82, 2.24) is 3.97 Å². The van der Waals surface area contributed by atoms with Crippen LogP contribution in [-0.2, 0) is 28.4 Å². The normalized spacial score (nSPS) is 18.7. The Morgan fingerprint density at radius 1 is 1.22 bits per heavy atom. The number of aryl methyl sites for hydroxylation is 1. The van der Waals surface area contributed by atoms with Crippen molar-refractivity contribution < 1.29 is 18.5 Å². The number of fused-ring (bicyclic) bond motifs is 1. The van der Waals surface area contributed by atoms with E-state index in [2.05, 4.69) is 24.4 Å². The van der Waals surface area contributed by atoms with Gasteiger partial charge in [0.15, 0.2) is 18.2 Å². The van der Waals surface area contributed by atoms with E-state index in [-0.39, 0.29) is 10.1 Å². The van der Waals surface area contributed by atoms with Gasteiger partial charge in [-0.05, 0) is 92.6 Å². The lowest BCUT2D eigenvalue weighted by atomic mass is 9.91. The monoisotopic (exact) mass is 545 g/mol. The number of nitrogens with zero attached hydrogens (tertiary/aromatic N) is 1. The van der Waals surface area contributed by atoms with Gasteiger partial charge in [0.25, 0.3) is 0 Å². The predicted molar refractivity (Wildman–Crippen MR) is 151 cm³/mol. The number of carbonyl (C=O) groups is 1. The van der Waals surface area contributed by atoms with Gasteiger partial charge < -0.3 is 14.8 Å². The minimum absolute atomic E-state index is 0.116. The number of hydrogen-bond acceptors (Lipinski definition) is 5. The SMILES string of the molecule is CC(c1ccc2c(c1NC(=O)N([Si](C)(C)C(C)(C)C)S(=N)(=O)c1cc(C(C)(C)O)co1)CCC2)C1CC1. The van der Waals surface area contributed by atoms with Crippen LogP contribution in [0.5, 0.6) is 0 Å². The topological polar surface area (TPSA) is 107 Å². The highest BCUT2D eigenvalue weighted by atomic mass is 32.2. The second-order valence-electron chi connectivity index (χ2n) is 12.9. The van der Waals surface area contributed by atoms with E-state index in [1.54, 1.807) is 13.8 Å². The molecule has 9 heteroatoms.